The Bertz CT molecular complexity index is 908. The van der Waals surface area contributed by atoms with Crippen molar-refractivity contribution < 1.29 is 9.53 Å². The van der Waals surface area contributed by atoms with E-state index in [0.717, 1.165) is 18.5 Å². The molecular formula is C23H30N4O2. The highest BCUT2D eigenvalue weighted by atomic mass is 16.5. The molecule has 6 nitrogen and oxygen atoms in total. The van der Waals surface area contributed by atoms with Crippen molar-refractivity contribution in [3.63, 3.8) is 0 Å². The van der Waals surface area contributed by atoms with Crippen LogP contribution in [0.3, 0.4) is 0 Å². The van der Waals surface area contributed by atoms with Crippen molar-refractivity contribution in [2.45, 2.75) is 45.6 Å². The molecule has 0 fully saturated rings. The van der Waals surface area contributed by atoms with Crippen LogP contribution in [0.1, 0.15) is 51.2 Å². The van der Waals surface area contributed by atoms with Gasteiger partial charge in [0.15, 0.2) is 0 Å². The Morgan fingerprint density at radius 2 is 2.07 bits per heavy atom. The molecule has 154 valence electrons. The molecule has 0 saturated heterocycles. The van der Waals surface area contributed by atoms with Gasteiger partial charge in [0.1, 0.15) is 5.75 Å². The molecule has 0 spiro atoms. The Kier molecular flexibility index (Phi) is 6.11. The van der Waals surface area contributed by atoms with Crippen molar-refractivity contribution in [3.05, 3.63) is 53.6 Å². The third-order valence-electron chi connectivity index (χ3n) is 5.46. The average molecular weight is 395 g/mol. The Morgan fingerprint density at radius 3 is 2.79 bits per heavy atom. The third kappa shape index (κ3) is 4.53. The van der Waals surface area contributed by atoms with Crippen LogP contribution in [0.4, 0.5) is 16.2 Å². The lowest BCUT2D eigenvalue weighted by molar-refractivity contribution is 0.252. The summed E-state index contributed by atoms with van der Waals surface area (Å²) in [6.45, 7) is 10.0. The van der Waals surface area contributed by atoms with Crippen molar-refractivity contribution in [1.29, 1.82) is 0 Å². The summed E-state index contributed by atoms with van der Waals surface area (Å²) < 4.78 is 5.23. The molecule has 6 heteroatoms. The normalized spacial score (nSPS) is 17.7. The summed E-state index contributed by atoms with van der Waals surface area (Å²) in [7, 11) is 1.56. The molecule has 1 atom stereocenters. The molecule has 0 aromatic heterocycles. The lowest BCUT2D eigenvalue weighted by Gasteiger charge is -2.47. The summed E-state index contributed by atoms with van der Waals surface area (Å²) in [5.41, 5.74) is 6.82. The molecular weight excluding hydrogens is 364 g/mol. The molecule has 2 N–H and O–H groups in total. The van der Waals surface area contributed by atoms with E-state index in [4.69, 9.17) is 4.74 Å². The van der Waals surface area contributed by atoms with Gasteiger partial charge in [-0.1, -0.05) is 25.1 Å². The summed E-state index contributed by atoms with van der Waals surface area (Å²) in [6.07, 6.45) is 2.78. The van der Waals surface area contributed by atoms with Crippen LogP contribution in [-0.4, -0.2) is 31.4 Å². The molecule has 2 aromatic carbocycles. The van der Waals surface area contributed by atoms with E-state index in [-0.39, 0.29) is 5.54 Å². The number of urea groups is 1. The molecule has 1 aliphatic heterocycles. The third-order valence-corrected chi connectivity index (χ3v) is 5.46. The maximum absolute atomic E-state index is 12.1. The van der Waals surface area contributed by atoms with E-state index in [0.29, 0.717) is 17.4 Å². The number of rotatable bonds is 5. The van der Waals surface area contributed by atoms with Crippen LogP contribution in [0.2, 0.25) is 0 Å². The first-order valence-corrected chi connectivity index (χ1v) is 10.0. The van der Waals surface area contributed by atoms with Gasteiger partial charge < -0.3 is 15.0 Å². The number of carbonyl (C=O) groups is 1. The minimum Gasteiger partial charge on any atom is -0.495 e. The van der Waals surface area contributed by atoms with Gasteiger partial charge in [-0.25, -0.2) is 10.2 Å². The van der Waals surface area contributed by atoms with Crippen molar-refractivity contribution in [2.24, 2.45) is 5.10 Å². The maximum atomic E-state index is 12.1. The zero-order valence-corrected chi connectivity index (χ0v) is 17.8. The van der Waals surface area contributed by atoms with Crippen molar-refractivity contribution in [2.75, 3.05) is 23.9 Å². The smallest absolute Gasteiger partial charge is 0.339 e. The van der Waals surface area contributed by atoms with Crippen LogP contribution in [0.5, 0.6) is 5.75 Å². The number of hydrazone groups is 1. The summed E-state index contributed by atoms with van der Waals surface area (Å²) in [5.74, 6) is 1.07. The Balaban J connectivity index is 1.69. The van der Waals surface area contributed by atoms with Crippen molar-refractivity contribution >= 4 is 23.6 Å². The molecule has 3 rings (SSSR count). The largest absolute Gasteiger partial charge is 0.495 e. The van der Waals surface area contributed by atoms with Gasteiger partial charge in [-0.2, -0.15) is 5.10 Å². The molecule has 0 aliphatic carbocycles. The van der Waals surface area contributed by atoms with E-state index in [9.17, 15) is 4.79 Å². The SMILES string of the molecule is CCN1c2ccc(/C=N\NC(=O)Nc3ccccc3OC)cc2C(C)CC1(C)C. The van der Waals surface area contributed by atoms with Crippen molar-refractivity contribution in [3.8, 4) is 5.75 Å². The molecule has 1 heterocycles. The number of para-hydroxylation sites is 2. The maximum Gasteiger partial charge on any atom is 0.339 e. The van der Waals surface area contributed by atoms with Gasteiger partial charge in [-0.3, -0.25) is 0 Å². The molecule has 2 aromatic rings. The van der Waals surface area contributed by atoms with Crippen molar-refractivity contribution in [1.82, 2.24) is 5.43 Å². The Morgan fingerprint density at radius 1 is 1.31 bits per heavy atom. The monoisotopic (exact) mass is 394 g/mol. The molecule has 0 radical (unpaired) electrons. The fraction of sp³-hybridized carbons (Fsp3) is 0.391. The number of ether oxygens (including phenoxy) is 1. The number of nitrogens with one attached hydrogen (secondary N) is 2. The second kappa shape index (κ2) is 8.55. The van der Waals surface area contributed by atoms with Gasteiger partial charge >= 0.3 is 6.03 Å². The van der Waals surface area contributed by atoms with Gasteiger partial charge in [0.2, 0.25) is 0 Å². The first-order chi connectivity index (χ1) is 13.9. The number of hydrogen-bond donors (Lipinski definition) is 2. The Labute approximate surface area is 172 Å². The van der Waals surface area contributed by atoms with Crippen LogP contribution in [0.25, 0.3) is 0 Å². The van der Waals surface area contributed by atoms with Crippen LogP contribution in [0, 0.1) is 0 Å². The van der Waals surface area contributed by atoms with E-state index in [1.54, 1.807) is 25.5 Å². The Hall–Kier alpha value is -3.02. The second-order valence-corrected chi connectivity index (χ2v) is 8.00. The van der Waals surface area contributed by atoms with Gasteiger partial charge in [-0.05, 0) is 68.5 Å². The van der Waals surface area contributed by atoms with Crippen LogP contribution in [-0.2, 0) is 0 Å². The number of amides is 2. The standard InChI is InChI=1S/C23H30N4O2/c1-6-27-20-12-11-17(13-18(20)16(2)14-23(27,3)4)15-24-26-22(28)25-19-9-7-8-10-21(19)29-5/h7-13,15-16H,6,14H2,1-5H3,(H2,25,26,28)/b24-15-. The first-order valence-electron chi connectivity index (χ1n) is 10.0. The molecule has 0 saturated carbocycles. The van der Waals surface area contributed by atoms with E-state index in [1.807, 2.05) is 18.2 Å². The fourth-order valence-electron chi connectivity index (χ4n) is 4.25. The number of benzene rings is 2. The molecule has 29 heavy (non-hydrogen) atoms. The second-order valence-electron chi connectivity index (χ2n) is 8.00. The quantitative estimate of drug-likeness (QED) is 0.556. The highest BCUT2D eigenvalue weighted by Gasteiger charge is 2.35. The van der Waals surface area contributed by atoms with Crippen LogP contribution >= 0.6 is 0 Å². The van der Waals surface area contributed by atoms with Gasteiger partial charge in [0.25, 0.3) is 0 Å². The number of anilines is 2. The van der Waals surface area contributed by atoms with E-state index in [2.05, 4.69) is 60.6 Å². The summed E-state index contributed by atoms with van der Waals surface area (Å²) in [5, 5.41) is 6.83. The molecule has 2 amide bonds. The minimum absolute atomic E-state index is 0.148. The van der Waals surface area contributed by atoms with E-state index < -0.39 is 6.03 Å². The highest BCUT2D eigenvalue weighted by molar-refractivity contribution is 5.92. The predicted molar refractivity (Wildman–Crippen MR) is 119 cm³/mol. The lowest BCUT2D eigenvalue weighted by Crippen LogP contribution is -2.48. The average Bonchev–Trinajstić information content (AvgIpc) is 2.68. The minimum atomic E-state index is -0.420. The lowest BCUT2D eigenvalue weighted by atomic mass is 9.79. The number of nitrogens with zero attached hydrogens (tertiary/aromatic N) is 2. The molecule has 1 unspecified atom stereocenters. The van der Waals surface area contributed by atoms with Crippen LogP contribution < -0.4 is 20.4 Å². The molecule has 0 bridgehead atoms. The highest BCUT2D eigenvalue weighted by Crippen LogP contribution is 2.43. The van der Waals surface area contributed by atoms with Gasteiger partial charge in [0, 0.05) is 17.8 Å². The van der Waals surface area contributed by atoms with E-state index in [1.165, 1.54) is 11.3 Å². The first kappa shape index (κ1) is 20.7. The van der Waals surface area contributed by atoms with Crippen LogP contribution in [0.15, 0.2) is 47.6 Å². The summed E-state index contributed by atoms with van der Waals surface area (Å²) >= 11 is 0. The topological polar surface area (TPSA) is 66.0 Å². The summed E-state index contributed by atoms with van der Waals surface area (Å²) in [6, 6.07) is 13.2. The van der Waals surface area contributed by atoms with Gasteiger partial charge in [0.05, 0.1) is 19.0 Å². The zero-order chi connectivity index (χ0) is 21.0. The number of carbonyl (C=O) groups excluding carboxylic acids is 1. The molecule has 1 aliphatic rings. The predicted octanol–water partition coefficient (Wildman–Crippen LogP) is 4.96. The number of hydrogen-bond acceptors (Lipinski definition) is 4. The number of methoxy groups -OCH3 is 1. The van der Waals surface area contributed by atoms with E-state index >= 15 is 0 Å². The fourth-order valence-corrected chi connectivity index (χ4v) is 4.25. The van der Waals surface area contributed by atoms with Gasteiger partial charge in [-0.15, -0.1) is 0 Å². The number of fused-ring (bicyclic) bond motifs is 1. The summed E-state index contributed by atoms with van der Waals surface area (Å²) in [4.78, 5) is 14.6. The zero-order valence-electron chi connectivity index (χ0n) is 17.8.